The van der Waals surface area contributed by atoms with Crippen molar-refractivity contribution in [2.24, 2.45) is 0 Å². The number of esters is 1. The maximum Gasteiger partial charge on any atom is 0.500 e. The van der Waals surface area contributed by atoms with E-state index in [9.17, 15) is 24.4 Å². The molecule has 15 nitrogen and oxygen atoms in total. The van der Waals surface area contributed by atoms with Crippen LogP contribution >= 0.6 is 23.5 Å². The highest BCUT2D eigenvalue weighted by atomic mass is 32.2. The number of nitriles is 1. The molecule has 0 bridgehead atoms. The molecule has 1 heterocycles. The fraction of sp³-hybridized carbons (Fsp3) is 0.594. The molecule has 0 saturated heterocycles. The van der Waals surface area contributed by atoms with Gasteiger partial charge in [0.1, 0.15) is 30.8 Å². The molecule has 0 aliphatic carbocycles. The maximum absolute atomic E-state index is 13.0. The van der Waals surface area contributed by atoms with Crippen molar-refractivity contribution in [3.8, 4) is 17.6 Å². The third-order valence-corrected chi connectivity index (χ3v) is 12.7. The van der Waals surface area contributed by atoms with Crippen molar-refractivity contribution in [1.82, 2.24) is 15.1 Å². The number of nitrogens with zero attached hydrogens (tertiary/aromatic N) is 3. The van der Waals surface area contributed by atoms with Crippen LogP contribution in [0.4, 0.5) is 14.4 Å². The summed E-state index contributed by atoms with van der Waals surface area (Å²) in [5, 5.41) is 12.6. The van der Waals surface area contributed by atoms with Gasteiger partial charge in [0.05, 0.1) is 14.0 Å². The van der Waals surface area contributed by atoms with Crippen molar-refractivity contribution < 1.29 is 51.4 Å². The molecule has 1 N–H and O–H groups in total. The van der Waals surface area contributed by atoms with Crippen LogP contribution in [0.5, 0.6) is 11.5 Å². The van der Waals surface area contributed by atoms with Gasteiger partial charge in [0.2, 0.25) is 0 Å². The Morgan fingerprint density at radius 1 is 0.760 bits per heavy atom. The number of benzene rings is 1. The number of carbonyl (C=O) groups excluding carboxylic acids is 4. The second-order valence-corrected chi connectivity index (χ2v) is 15.1. The molecule has 0 spiro atoms. The zero-order valence-corrected chi connectivity index (χ0v) is 32.4. The number of hydrogen-bond donors (Lipinski definition) is 1. The van der Waals surface area contributed by atoms with E-state index in [-0.39, 0.29) is 34.5 Å². The summed E-state index contributed by atoms with van der Waals surface area (Å²) < 4.78 is 39.4. The Morgan fingerprint density at radius 3 is 1.64 bits per heavy atom. The Bertz CT molecular complexity index is 1310. The summed E-state index contributed by atoms with van der Waals surface area (Å²) in [4.78, 5) is 54.5. The van der Waals surface area contributed by atoms with Crippen LogP contribution in [0.25, 0.3) is 0 Å². The van der Waals surface area contributed by atoms with E-state index >= 15 is 0 Å². The van der Waals surface area contributed by atoms with Gasteiger partial charge in [-0.2, -0.15) is 5.26 Å². The molecule has 1 aromatic rings. The quantitative estimate of drug-likeness (QED) is 0.0538. The minimum absolute atomic E-state index is 0.179. The lowest BCUT2D eigenvalue weighted by Gasteiger charge is -2.28. The first-order valence-electron chi connectivity index (χ1n) is 16.7. The van der Waals surface area contributed by atoms with E-state index < -0.39 is 33.1 Å². The number of rotatable bonds is 20. The van der Waals surface area contributed by atoms with Crippen LogP contribution in [0, 0.1) is 11.3 Å². The Labute approximate surface area is 303 Å². The summed E-state index contributed by atoms with van der Waals surface area (Å²) in [6.45, 7) is 15.7. The summed E-state index contributed by atoms with van der Waals surface area (Å²) in [6.07, 6.45) is -1.31. The van der Waals surface area contributed by atoms with Crippen molar-refractivity contribution >= 4 is 56.6 Å². The molecule has 0 unspecified atom stereocenters. The van der Waals surface area contributed by atoms with Crippen LogP contribution in [-0.4, -0.2) is 109 Å². The Kier molecular flexibility index (Phi) is 19.1. The summed E-state index contributed by atoms with van der Waals surface area (Å²) in [5.74, 6) is -0.579. The van der Waals surface area contributed by atoms with Crippen molar-refractivity contribution in [2.45, 2.75) is 70.7 Å². The lowest BCUT2D eigenvalue weighted by atomic mass is 10.3. The van der Waals surface area contributed by atoms with E-state index in [1.54, 1.807) is 0 Å². The van der Waals surface area contributed by atoms with E-state index in [1.165, 1.54) is 21.9 Å². The normalized spacial score (nSPS) is 12.0. The number of amides is 3. The first kappa shape index (κ1) is 42.7. The summed E-state index contributed by atoms with van der Waals surface area (Å²) in [5.41, 5.74) is -0.312. The Hall–Kier alpha value is -3.47. The van der Waals surface area contributed by atoms with Crippen LogP contribution in [0.2, 0.25) is 6.04 Å². The standard InChI is InChI=1S/C32H48N4O11S2Si/c1-8-35(9-2)31(39)46-24-16-17-25(47-32(40)36(10-3)11-4)27-26(24)48-29(49-27)23(22-33)28(37)41-19-20-42-30(38)34-18-15-21-50(43-12-5,44-13-6)45-14-7/h16-17H,8-15,18-21H2,1-7H3,(H,34,38). The van der Waals surface area contributed by atoms with Gasteiger partial charge in [-0.25, -0.2) is 19.2 Å². The van der Waals surface area contributed by atoms with Gasteiger partial charge in [-0.15, -0.1) is 0 Å². The highest BCUT2D eigenvalue weighted by molar-refractivity contribution is 8.24. The fourth-order valence-electron chi connectivity index (χ4n) is 4.53. The number of fused-ring (bicyclic) bond motifs is 1. The van der Waals surface area contributed by atoms with Crippen molar-refractivity contribution in [1.29, 1.82) is 5.26 Å². The Morgan fingerprint density at radius 2 is 1.22 bits per heavy atom. The number of carbonyl (C=O) groups is 4. The van der Waals surface area contributed by atoms with Crippen LogP contribution in [-0.2, 0) is 27.5 Å². The fourth-order valence-corrected chi connectivity index (χ4v) is 9.70. The van der Waals surface area contributed by atoms with Gasteiger partial charge in [0.15, 0.2) is 5.57 Å². The second kappa shape index (κ2) is 22.4. The summed E-state index contributed by atoms with van der Waals surface area (Å²) in [7, 11) is -2.83. The van der Waals surface area contributed by atoms with Gasteiger partial charge in [-0.1, -0.05) is 23.5 Å². The van der Waals surface area contributed by atoms with Crippen molar-refractivity contribution in [3.63, 3.8) is 0 Å². The minimum Gasteiger partial charge on any atom is -0.458 e. The van der Waals surface area contributed by atoms with Crippen LogP contribution < -0.4 is 14.8 Å². The molecule has 1 aliphatic heterocycles. The Balaban J connectivity index is 2.07. The molecular weight excluding hydrogens is 709 g/mol. The number of hydrogen-bond acceptors (Lipinski definition) is 14. The molecule has 2 rings (SSSR count). The second-order valence-electron chi connectivity index (χ2n) is 10.1. The van der Waals surface area contributed by atoms with Crippen molar-refractivity contribution in [2.75, 3.05) is 65.8 Å². The lowest BCUT2D eigenvalue weighted by molar-refractivity contribution is -0.139. The first-order chi connectivity index (χ1) is 24.1. The van der Waals surface area contributed by atoms with Gasteiger partial charge in [0.25, 0.3) is 0 Å². The van der Waals surface area contributed by atoms with Crippen molar-refractivity contribution in [3.05, 3.63) is 21.9 Å². The average molecular weight is 757 g/mol. The molecular formula is C32H48N4O11S2Si. The lowest BCUT2D eigenvalue weighted by Crippen LogP contribution is -2.46. The monoisotopic (exact) mass is 756 g/mol. The molecule has 278 valence electrons. The van der Waals surface area contributed by atoms with Gasteiger partial charge in [-0.05, 0) is 67.0 Å². The molecule has 1 aromatic carbocycles. The van der Waals surface area contributed by atoms with Gasteiger partial charge in [-0.3, -0.25) is 0 Å². The molecule has 0 atom stereocenters. The van der Waals surface area contributed by atoms with Gasteiger partial charge in [0, 0.05) is 58.6 Å². The third kappa shape index (κ3) is 12.4. The average Bonchev–Trinajstić information content (AvgIpc) is 3.54. The highest BCUT2D eigenvalue weighted by Crippen LogP contribution is 2.59. The van der Waals surface area contributed by atoms with Crippen LogP contribution in [0.15, 0.2) is 31.7 Å². The van der Waals surface area contributed by atoms with E-state index in [0.717, 1.165) is 23.5 Å². The number of thioether (sulfide) groups is 2. The minimum atomic E-state index is -2.83. The molecule has 0 fully saturated rings. The number of nitrogens with one attached hydrogen (secondary N) is 1. The maximum atomic E-state index is 13.0. The SMILES string of the molecule is CCO[Si](CCCNC(=O)OCCOC(=O)C(C#N)=C1Sc2c(OC(=O)N(CC)CC)ccc(OC(=O)N(CC)CC)c2S1)(OCC)OCC. The molecule has 1 aliphatic rings. The smallest absolute Gasteiger partial charge is 0.458 e. The highest BCUT2D eigenvalue weighted by Gasteiger charge is 2.39. The predicted octanol–water partition coefficient (Wildman–Crippen LogP) is 6.01. The molecule has 0 saturated carbocycles. The van der Waals surface area contributed by atoms with Crippen LogP contribution in [0.1, 0.15) is 54.9 Å². The van der Waals surface area contributed by atoms with Crippen LogP contribution in [0.3, 0.4) is 0 Å². The molecule has 50 heavy (non-hydrogen) atoms. The molecule has 18 heteroatoms. The first-order valence-corrected chi connectivity index (χ1v) is 20.2. The molecule has 0 aromatic heterocycles. The number of alkyl carbamates (subject to hydrolysis) is 1. The van der Waals surface area contributed by atoms with E-state index in [0.29, 0.717) is 74.8 Å². The largest absolute Gasteiger partial charge is 0.500 e. The summed E-state index contributed by atoms with van der Waals surface area (Å²) in [6, 6.07) is 5.41. The molecule has 3 amide bonds. The third-order valence-electron chi connectivity index (χ3n) is 6.96. The zero-order valence-electron chi connectivity index (χ0n) is 29.8. The molecule has 0 radical (unpaired) electrons. The number of ether oxygens (including phenoxy) is 4. The van der Waals surface area contributed by atoms with Gasteiger partial charge >= 0.3 is 33.1 Å². The van der Waals surface area contributed by atoms with Gasteiger partial charge < -0.3 is 47.3 Å². The van der Waals surface area contributed by atoms with E-state index in [1.807, 2.05) is 54.5 Å². The predicted molar refractivity (Wildman–Crippen MR) is 189 cm³/mol. The topological polar surface area (TPSA) is 175 Å². The van der Waals surface area contributed by atoms with E-state index in [2.05, 4.69) is 5.32 Å². The van der Waals surface area contributed by atoms with E-state index in [4.69, 9.17) is 32.2 Å². The zero-order chi connectivity index (χ0) is 37.1. The summed E-state index contributed by atoms with van der Waals surface area (Å²) >= 11 is 2.04.